The van der Waals surface area contributed by atoms with Crippen molar-refractivity contribution in [2.75, 3.05) is 32.1 Å². The molecule has 3 rings (SSSR count). The molecule has 0 bridgehead atoms. The molecule has 0 saturated carbocycles. The van der Waals surface area contributed by atoms with Crippen LogP contribution in [0.2, 0.25) is 0 Å². The molecule has 1 saturated heterocycles. The first-order valence-electron chi connectivity index (χ1n) is 9.62. The molecule has 8 heteroatoms. The van der Waals surface area contributed by atoms with Crippen molar-refractivity contribution in [2.45, 2.75) is 24.7 Å². The molecular formula is C21H26N2O5S. The third-order valence-corrected chi connectivity index (χ3v) is 6.74. The number of carbonyl (C=O) groups excluding carboxylic acids is 1. The largest absolute Gasteiger partial charge is 0.497 e. The minimum Gasteiger partial charge on any atom is -0.497 e. The number of hydrogen-bond acceptors (Lipinski definition) is 5. The average molecular weight is 419 g/mol. The van der Waals surface area contributed by atoms with Gasteiger partial charge in [0.2, 0.25) is 15.9 Å². The maximum atomic E-state index is 13.0. The van der Waals surface area contributed by atoms with Crippen molar-refractivity contribution >= 4 is 21.6 Å². The molecule has 1 heterocycles. The summed E-state index contributed by atoms with van der Waals surface area (Å²) in [4.78, 5) is 12.9. The Morgan fingerprint density at radius 2 is 1.93 bits per heavy atom. The number of anilines is 1. The topological polar surface area (TPSA) is 84.9 Å². The van der Waals surface area contributed by atoms with Gasteiger partial charge in [-0.1, -0.05) is 6.07 Å². The van der Waals surface area contributed by atoms with Crippen LogP contribution in [0.25, 0.3) is 0 Å². The molecule has 0 aromatic heterocycles. The van der Waals surface area contributed by atoms with E-state index in [1.165, 1.54) is 23.5 Å². The molecule has 0 radical (unpaired) electrons. The second kappa shape index (κ2) is 9.28. The number of nitrogens with one attached hydrogen (secondary N) is 1. The molecule has 1 aliphatic rings. The fraction of sp³-hybridized carbons (Fsp3) is 0.381. The fourth-order valence-corrected chi connectivity index (χ4v) is 4.87. The van der Waals surface area contributed by atoms with E-state index in [1.54, 1.807) is 24.3 Å². The van der Waals surface area contributed by atoms with Crippen LogP contribution in [-0.2, 0) is 14.8 Å². The lowest BCUT2D eigenvalue weighted by Crippen LogP contribution is -2.43. The second-order valence-corrected chi connectivity index (χ2v) is 8.77. The molecule has 1 fully saturated rings. The third-order valence-electron chi connectivity index (χ3n) is 4.86. The van der Waals surface area contributed by atoms with Crippen molar-refractivity contribution in [3.05, 3.63) is 48.5 Å². The van der Waals surface area contributed by atoms with Gasteiger partial charge >= 0.3 is 0 Å². The van der Waals surface area contributed by atoms with Crippen LogP contribution in [0, 0.1) is 5.92 Å². The van der Waals surface area contributed by atoms with E-state index in [2.05, 4.69) is 5.32 Å². The van der Waals surface area contributed by atoms with Gasteiger partial charge in [0.25, 0.3) is 0 Å². The smallest absolute Gasteiger partial charge is 0.243 e. The number of piperidine rings is 1. The molecule has 1 atom stereocenters. The molecule has 29 heavy (non-hydrogen) atoms. The monoisotopic (exact) mass is 418 g/mol. The predicted molar refractivity (Wildman–Crippen MR) is 111 cm³/mol. The third kappa shape index (κ3) is 5.07. The van der Waals surface area contributed by atoms with E-state index in [0.29, 0.717) is 43.2 Å². The summed E-state index contributed by atoms with van der Waals surface area (Å²) in [5.41, 5.74) is 0.635. The van der Waals surface area contributed by atoms with Crippen molar-refractivity contribution < 1.29 is 22.7 Å². The first kappa shape index (κ1) is 21.1. The maximum absolute atomic E-state index is 13.0. The van der Waals surface area contributed by atoms with Crippen LogP contribution >= 0.6 is 0 Å². The van der Waals surface area contributed by atoms with Crippen molar-refractivity contribution in [3.63, 3.8) is 0 Å². The van der Waals surface area contributed by atoms with Crippen LogP contribution in [0.5, 0.6) is 11.5 Å². The zero-order chi connectivity index (χ0) is 20.9. The summed E-state index contributed by atoms with van der Waals surface area (Å²) in [5.74, 6) is 0.674. The van der Waals surface area contributed by atoms with Gasteiger partial charge in [-0.15, -0.1) is 0 Å². The summed E-state index contributed by atoms with van der Waals surface area (Å²) in [6, 6.07) is 13.5. The number of nitrogens with zero attached hydrogens (tertiary/aromatic N) is 1. The molecule has 1 amide bonds. The maximum Gasteiger partial charge on any atom is 0.243 e. The number of benzene rings is 2. The Morgan fingerprint density at radius 3 is 2.62 bits per heavy atom. The van der Waals surface area contributed by atoms with Crippen molar-refractivity contribution in [1.82, 2.24) is 4.31 Å². The van der Waals surface area contributed by atoms with Crippen LogP contribution in [0.15, 0.2) is 53.4 Å². The second-order valence-electron chi connectivity index (χ2n) is 6.83. The molecule has 1 N–H and O–H groups in total. The van der Waals surface area contributed by atoms with Gasteiger partial charge in [0.1, 0.15) is 11.5 Å². The molecule has 0 unspecified atom stereocenters. The van der Waals surface area contributed by atoms with Crippen molar-refractivity contribution in [2.24, 2.45) is 5.92 Å². The standard InChI is InChI=1S/C21H26N2O5S/c1-3-28-19-8-4-7-17(14-19)22-21(24)16-6-5-13-23(15-16)29(25,26)20-11-9-18(27-2)10-12-20/h4,7-12,14,16H,3,5-6,13,15H2,1-2H3,(H,22,24)/t16-/m0/s1. The van der Waals surface area contributed by atoms with Crippen molar-refractivity contribution in [1.29, 1.82) is 0 Å². The summed E-state index contributed by atoms with van der Waals surface area (Å²) in [6.45, 7) is 2.99. The Bertz CT molecular complexity index is 944. The van der Waals surface area contributed by atoms with E-state index in [1.807, 2.05) is 19.1 Å². The highest BCUT2D eigenvalue weighted by molar-refractivity contribution is 7.89. The van der Waals surface area contributed by atoms with E-state index in [9.17, 15) is 13.2 Å². The van der Waals surface area contributed by atoms with E-state index in [-0.39, 0.29) is 17.3 Å². The molecule has 2 aromatic carbocycles. The summed E-state index contributed by atoms with van der Waals surface area (Å²) in [5, 5.41) is 2.88. The number of methoxy groups -OCH3 is 1. The number of carbonyl (C=O) groups is 1. The van der Waals surface area contributed by atoms with Gasteiger partial charge in [0, 0.05) is 24.8 Å². The molecule has 0 spiro atoms. The van der Waals surface area contributed by atoms with Gasteiger partial charge in [-0.3, -0.25) is 4.79 Å². The van der Waals surface area contributed by atoms with Gasteiger partial charge in [-0.05, 0) is 56.2 Å². The van der Waals surface area contributed by atoms with Gasteiger partial charge in [-0.2, -0.15) is 4.31 Å². The molecular weight excluding hydrogens is 392 g/mol. The van der Waals surface area contributed by atoms with E-state index in [4.69, 9.17) is 9.47 Å². The number of amides is 1. The Balaban J connectivity index is 1.69. The molecule has 7 nitrogen and oxygen atoms in total. The van der Waals surface area contributed by atoms with Crippen LogP contribution in [0.3, 0.4) is 0 Å². The SMILES string of the molecule is CCOc1cccc(NC(=O)[C@H]2CCCN(S(=O)(=O)c3ccc(OC)cc3)C2)c1. The summed E-state index contributed by atoms with van der Waals surface area (Å²) in [6.07, 6.45) is 1.28. The highest BCUT2D eigenvalue weighted by atomic mass is 32.2. The number of rotatable bonds is 7. The average Bonchev–Trinajstić information content (AvgIpc) is 2.74. The zero-order valence-corrected chi connectivity index (χ0v) is 17.4. The number of hydrogen-bond donors (Lipinski definition) is 1. The minimum atomic E-state index is -3.66. The molecule has 2 aromatic rings. The van der Waals surface area contributed by atoms with Gasteiger partial charge in [0.05, 0.1) is 24.5 Å². The fourth-order valence-electron chi connectivity index (χ4n) is 3.35. The summed E-state index contributed by atoms with van der Waals surface area (Å²) in [7, 11) is -2.13. The lowest BCUT2D eigenvalue weighted by atomic mass is 9.98. The first-order valence-corrected chi connectivity index (χ1v) is 11.1. The summed E-state index contributed by atoms with van der Waals surface area (Å²) >= 11 is 0. The lowest BCUT2D eigenvalue weighted by molar-refractivity contribution is -0.120. The number of sulfonamides is 1. The number of ether oxygens (including phenoxy) is 2. The molecule has 156 valence electrons. The quantitative estimate of drug-likeness (QED) is 0.747. The van der Waals surface area contributed by atoms with Crippen LogP contribution in [-0.4, -0.2) is 45.4 Å². The van der Waals surface area contributed by atoms with E-state index < -0.39 is 15.9 Å². The predicted octanol–water partition coefficient (Wildman–Crippen LogP) is 3.13. The zero-order valence-electron chi connectivity index (χ0n) is 16.6. The molecule has 0 aliphatic carbocycles. The van der Waals surface area contributed by atoms with Crippen LogP contribution in [0.4, 0.5) is 5.69 Å². The minimum absolute atomic E-state index is 0.158. The van der Waals surface area contributed by atoms with Crippen LogP contribution < -0.4 is 14.8 Å². The highest BCUT2D eigenvalue weighted by Gasteiger charge is 2.33. The van der Waals surface area contributed by atoms with E-state index in [0.717, 1.165) is 0 Å². The van der Waals surface area contributed by atoms with Gasteiger partial charge in [0.15, 0.2) is 0 Å². The lowest BCUT2D eigenvalue weighted by Gasteiger charge is -2.31. The van der Waals surface area contributed by atoms with Crippen molar-refractivity contribution in [3.8, 4) is 11.5 Å². The van der Waals surface area contributed by atoms with Crippen LogP contribution in [0.1, 0.15) is 19.8 Å². The van der Waals surface area contributed by atoms with E-state index >= 15 is 0 Å². The van der Waals surface area contributed by atoms with Gasteiger partial charge in [-0.25, -0.2) is 8.42 Å². The Kier molecular flexibility index (Phi) is 6.76. The first-order chi connectivity index (χ1) is 13.9. The Labute approximate surface area is 171 Å². The Hall–Kier alpha value is -2.58. The molecule has 1 aliphatic heterocycles. The normalized spacial score (nSPS) is 17.5. The summed E-state index contributed by atoms with van der Waals surface area (Å²) < 4.78 is 37.9. The Morgan fingerprint density at radius 1 is 1.17 bits per heavy atom. The van der Waals surface area contributed by atoms with Gasteiger partial charge < -0.3 is 14.8 Å². The highest BCUT2D eigenvalue weighted by Crippen LogP contribution is 2.26.